The summed E-state index contributed by atoms with van der Waals surface area (Å²) in [5.74, 6) is 0.272. The quantitative estimate of drug-likeness (QED) is 0.411. The van der Waals surface area contributed by atoms with Gasteiger partial charge in [-0.05, 0) is 74.7 Å². The first kappa shape index (κ1) is 24.9. The lowest BCUT2D eigenvalue weighted by Crippen LogP contribution is -2.32. The molecule has 1 atom stereocenters. The van der Waals surface area contributed by atoms with Gasteiger partial charge in [0.1, 0.15) is 5.69 Å². The SMILES string of the molecule is CC(CN(C)c1ccc(C(F)(F)F)cc1)n1ncc(C2CCN(Cc3cccnc3)CC2)c1C=O. The van der Waals surface area contributed by atoms with Crippen molar-refractivity contribution in [2.24, 2.45) is 0 Å². The molecule has 0 spiro atoms. The second-order valence-electron chi connectivity index (χ2n) is 9.23. The van der Waals surface area contributed by atoms with E-state index < -0.39 is 11.7 Å². The molecule has 186 valence electrons. The number of rotatable bonds is 8. The van der Waals surface area contributed by atoms with Crippen molar-refractivity contribution in [3.05, 3.63) is 77.4 Å². The molecule has 0 bridgehead atoms. The van der Waals surface area contributed by atoms with Crippen molar-refractivity contribution in [3.8, 4) is 0 Å². The van der Waals surface area contributed by atoms with Crippen molar-refractivity contribution in [1.82, 2.24) is 19.7 Å². The molecule has 1 unspecified atom stereocenters. The topological polar surface area (TPSA) is 54.3 Å². The molecule has 0 radical (unpaired) electrons. The number of likely N-dealkylation sites (tertiary alicyclic amines) is 1. The van der Waals surface area contributed by atoms with E-state index >= 15 is 0 Å². The number of nitrogens with zero attached hydrogens (tertiary/aromatic N) is 5. The molecule has 3 aromatic rings. The molecule has 0 amide bonds. The molecule has 4 rings (SSSR count). The highest BCUT2D eigenvalue weighted by atomic mass is 19.4. The van der Waals surface area contributed by atoms with Gasteiger partial charge in [-0.25, -0.2) is 0 Å². The molecule has 1 saturated heterocycles. The number of halogens is 3. The van der Waals surface area contributed by atoms with E-state index in [-0.39, 0.29) is 12.0 Å². The van der Waals surface area contributed by atoms with Crippen LogP contribution in [0.2, 0.25) is 0 Å². The van der Waals surface area contributed by atoms with E-state index in [4.69, 9.17) is 0 Å². The van der Waals surface area contributed by atoms with E-state index in [1.54, 1.807) is 17.1 Å². The molecule has 1 aliphatic heterocycles. The van der Waals surface area contributed by atoms with Crippen LogP contribution in [0.15, 0.2) is 55.0 Å². The largest absolute Gasteiger partial charge is 0.416 e. The third kappa shape index (κ3) is 5.90. The predicted octanol–water partition coefficient (Wildman–Crippen LogP) is 5.19. The Morgan fingerprint density at radius 3 is 2.46 bits per heavy atom. The van der Waals surface area contributed by atoms with E-state index in [1.165, 1.54) is 17.7 Å². The summed E-state index contributed by atoms with van der Waals surface area (Å²) < 4.78 is 40.3. The molecular weight excluding hydrogens is 455 g/mol. The molecule has 1 fully saturated rings. The minimum absolute atomic E-state index is 0.137. The second kappa shape index (κ2) is 10.6. The summed E-state index contributed by atoms with van der Waals surface area (Å²) in [4.78, 5) is 20.5. The number of aromatic nitrogens is 3. The van der Waals surface area contributed by atoms with Crippen molar-refractivity contribution in [1.29, 1.82) is 0 Å². The summed E-state index contributed by atoms with van der Waals surface area (Å²) in [7, 11) is 1.82. The number of alkyl halides is 3. The van der Waals surface area contributed by atoms with Crippen molar-refractivity contribution in [2.45, 2.75) is 44.4 Å². The van der Waals surface area contributed by atoms with Crippen LogP contribution < -0.4 is 4.90 Å². The average molecular weight is 486 g/mol. The third-order valence-corrected chi connectivity index (χ3v) is 6.72. The van der Waals surface area contributed by atoms with Gasteiger partial charge in [0, 0.05) is 43.8 Å². The number of benzene rings is 1. The molecule has 6 nitrogen and oxygen atoms in total. The van der Waals surface area contributed by atoms with Gasteiger partial charge in [0.05, 0.1) is 17.8 Å². The summed E-state index contributed by atoms with van der Waals surface area (Å²) >= 11 is 0. The van der Waals surface area contributed by atoms with Gasteiger partial charge in [0.15, 0.2) is 6.29 Å². The highest BCUT2D eigenvalue weighted by molar-refractivity contribution is 5.75. The Morgan fingerprint density at radius 1 is 1.14 bits per heavy atom. The number of carbonyl (C=O) groups excluding carboxylic acids is 1. The third-order valence-electron chi connectivity index (χ3n) is 6.72. The minimum Gasteiger partial charge on any atom is -0.372 e. The number of carbonyl (C=O) groups is 1. The van der Waals surface area contributed by atoms with Gasteiger partial charge in [-0.3, -0.25) is 19.4 Å². The predicted molar refractivity (Wildman–Crippen MR) is 129 cm³/mol. The van der Waals surface area contributed by atoms with Crippen molar-refractivity contribution >= 4 is 12.0 Å². The van der Waals surface area contributed by atoms with Crippen molar-refractivity contribution < 1.29 is 18.0 Å². The van der Waals surface area contributed by atoms with Crippen LogP contribution in [0.1, 0.15) is 58.9 Å². The van der Waals surface area contributed by atoms with Crippen molar-refractivity contribution in [2.75, 3.05) is 31.6 Å². The van der Waals surface area contributed by atoms with E-state index in [2.05, 4.69) is 21.0 Å². The van der Waals surface area contributed by atoms with Crippen LogP contribution in [-0.4, -0.2) is 52.6 Å². The maximum Gasteiger partial charge on any atom is 0.416 e. The van der Waals surface area contributed by atoms with Crippen LogP contribution in [0.4, 0.5) is 18.9 Å². The number of anilines is 1. The Bertz CT molecular complexity index is 1110. The monoisotopic (exact) mass is 485 g/mol. The standard InChI is InChI=1S/C26H30F3N5O/c1-19(16-32(2)23-7-5-22(6-8-23)26(27,28)29)34-25(18-35)24(15-31-34)21-9-12-33(13-10-21)17-20-4-3-11-30-14-20/h3-8,11,14-15,18-19,21H,9-10,12-13,16-17H2,1-2H3. The number of hydrogen-bond donors (Lipinski definition) is 0. The molecule has 1 aromatic carbocycles. The zero-order valence-corrected chi connectivity index (χ0v) is 19.9. The summed E-state index contributed by atoms with van der Waals surface area (Å²) in [6.45, 7) is 5.20. The van der Waals surface area contributed by atoms with Crippen LogP contribution in [0.25, 0.3) is 0 Å². The number of aldehydes is 1. The minimum atomic E-state index is -4.36. The van der Waals surface area contributed by atoms with Gasteiger partial charge in [-0.15, -0.1) is 0 Å². The molecular formula is C26H30F3N5O. The first-order valence-electron chi connectivity index (χ1n) is 11.8. The highest BCUT2D eigenvalue weighted by Crippen LogP contribution is 2.32. The van der Waals surface area contributed by atoms with Crippen LogP contribution in [-0.2, 0) is 12.7 Å². The zero-order chi connectivity index (χ0) is 25.0. The van der Waals surface area contributed by atoms with Crippen LogP contribution in [0.5, 0.6) is 0 Å². The van der Waals surface area contributed by atoms with Gasteiger partial charge in [0.2, 0.25) is 0 Å². The van der Waals surface area contributed by atoms with Crippen LogP contribution in [0, 0.1) is 0 Å². The Morgan fingerprint density at radius 2 is 1.86 bits per heavy atom. The summed E-state index contributed by atoms with van der Waals surface area (Å²) in [5.41, 5.74) is 2.76. The first-order chi connectivity index (χ1) is 16.8. The van der Waals surface area contributed by atoms with Crippen LogP contribution >= 0.6 is 0 Å². The van der Waals surface area contributed by atoms with Crippen molar-refractivity contribution in [3.63, 3.8) is 0 Å². The van der Waals surface area contributed by atoms with Gasteiger partial charge >= 0.3 is 6.18 Å². The fraction of sp³-hybridized carbons (Fsp3) is 0.423. The molecule has 1 aliphatic rings. The Balaban J connectivity index is 1.38. The molecule has 2 aromatic heterocycles. The lowest BCUT2D eigenvalue weighted by Gasteiger charge is -2.32. The highest BCUT2D eigenvalue weighted by Gasteiger charge is 2.30. The van der Waals surface area contributed by atoms with Gasteiger partial charge in [-0.1, -0.05) is 6.07 Å². The molecule has 0 saturated carbocycles. The molecule has 0 aliphatic carbocycles. The number of pyridine rings is 1. The summed E-state index contributed by atoms with van der Waals surface area (Å²) in [6, 6.07) is 8.98. The molecule has 35 heavy (non-hydrogen) atoms. The summed E-state index contributed by atoms with van der Waals surface area (Å²) in [5, 5.41) is 4.53. The average Bonchev–Trinajstić information content (AvgIpc) is 3.29. The lowest BCUT2D eigenvalue weighted by molar-refractivity contribution is -0.137. The van der Waals surface area contributed by atoms with E-state index in [0.29, 0.717) is 17.9 Å². The molecule has 9 heteroatoms. The van der Waals surface area contributed by atoms with Gasteiger partial charge in [0.25, 0.3) is 0 Å². The fourth-order valence-electron chi connectivity index (χ4n) is 4.81. The van der Waals surface area contributed by atoms with Gasteiger partial charge in [-0.2, -0.15) is 18.3 Å². The number of piperidine rings is 1. The van der Waals surface area contributed by atoms with Gasteiger partial charge < -0.3 is 4.90 Å². The zero-order valence-electron chi connectivity index (χ0n) is 19.9. The Labute approximate surface area is 203 Å². The first-order valence-corrected chi connectivity index (χ1v) is 11.8. The van der Waals surface area contributed by atoms with E-state index in [1.807, 2.05) is 31.1 Å². The van der Waals surface area contributed by atoms with E-state index in [0.717, 1.165) is 56.5 Å². The normalized spacial score (nSPS) is 16.3. The van der Waals surface area contributed by atoms with E-state index in [9.17, 15) is 18.0 Å². The molecule has 0 N–H and O–H groups in total. The Hall–Kier alpha value is -3.20. The lowest BCUT2D eigenvalue weighted by atomic mass is 9.89. The fourth-order valence-corrected chi connectivity index (χ4v) is 4.81. The smallest absolute Gasteiger partial charge is 0.372 e. The Kier molecular flexibility index (Phi) is 7.54. The van der Waals surface area contributed by atoms with Crippen LogP contribution in [0.3, 0.4) is 0 Å². The number of likely N-dealkylation sites (N-methyl/N-ethyl adjacent to an activating group) is 1. The molecule has 3 heterocycles. The number of hydrogen-bond acceptors (Lipinski definition) is 5. The maximum absolute atomic E-state index is 12.8. The maximum atomic E-state index is 12.8. The second-order valence-corrected chi connectivity index (χ2v) is 9.23. The summed E-state index contributed by atoms with van der Waals surface area (Å²) in [6.07, 6.45) is 3.89.